The minimum atomic E-state index is -0.726. The van der Waals surface area contributed by atoms with Crippen LogP contribution in [0.1, 0.15) is 37.6 Å². The van der Waals surface area contributed by atoms with Gasteiger partial charge in [0.05, 0.1) is 19.0 Å². The van der Waals surface area contributed by atoms with Gasteiger partial charge in [-0.05, 0) is 59.3 Å². The molecule has 4 rings (SSSR count). The molecule has 0 saturated carbocycles. The zero-order valence-corrected chi connectivity index (χ0v) is 25.5. The molecule has 15 heteroatoms. The Kier molecular flexibility index (Phi) is 16.3. The number of nitrogens with zero attached hydrogens (tertiary/aromatic N) is 6. The molecule has 0 saturated heterocycles. The molecule has 15 nitrogen and oxygen atoms in total. The van der Waals surface area contributed by atoms with Crippen LogP contribution in [0.5, 0.6) is 0 Å². The van der Waals surface area contributed by atoms with Gasteiger partial charge in [-0.3, -0.25) is 0 Å². The molecule has 3 aromatic heterocycles. The molecule has 0 amide bonds. The second-order valence-corrected chi connectivity index (χ2v) is 8.99. The predicted octanol–water partition coefficient (Wildman–Crippen LogP) is 5.23. The topological polar surface area (TPSA) is 194 Å². The van der Waals surface area contributed by atoms with Crippen molar-refractivity contribution in [3.8, 4) is 0 Å². The third-order valence-corrected chi connectivity index (χ3v) is 5.88. The van der Waals surface area contributed by atoms with E-state index in [-0.39, 0.29) is 42.3 Å². The third kappa shape index (κ3) is 11.8. The van der Waals surface area contributed by atoms with Crippen LogP contribution in [0.25, 0.3) is 0 Å². The van der Waals surface area contributed by atoms with E-state index in [1.54, 1.807) is 42.1 Å². The fraction of sp³-hybridized carbons (Fsp3) is 0.379. The highest BCUT2D eigenvalue weighted by molar-refractivity contribution is 5.27. The Morgan fingerprint density at radius 1 is 0.795 bits per heavy atom. The van der Waals surface area contributed by atoms with Gasteiger partial charge in [-0.1, -0.05) is 43.7 Å². The summed E-state index contributed by atoms with van der Waals surface area (Å²) in [6.07, 6.45) is 2.56. The summed E-state index contributed by atoms with van der Waals surface area (Å²) in [7, 11) is 0. The summed E-state index contributed by atoms with van der Waals surface area (Å²) in [5.74, 6) is 0.0242. The van der Waals surface area contributed by atoms with Crippen LogP contribution in [0.4, 0.5) is 17.5 Å². The number of ether oxygens (including phenoxy) is 1. The maximum absolute atomic E-state index is 10.7. The number of nitro groups is 3. The van der Waals surface area contributed by atoms with E-state index in [1.165, 1.54) is 32.9 Å². The number of aromatic nitrogens is 3. The Morgan fingerprint density at radius 3 is 1.80 bits per heavy atom. The highest BCUT2D eigenvalue weighted by Gasteiger charge is 2.16. The molecule has 3 heterocycles. The maximum atomic E-state index is 10.7. The van der Waals surface area contributed by atoms with Gasteiger partial charge in [-0.25, -0.2) is 13.7 Å². The lowest BCUT2D eigenvalue weighted by molar-refractivity contribution is -0.392. The number of aliphatic hydroxyl groups is 2. The van der Waals surface area contributed by atoms with Crippen molar-refractivity contribution >= 4 is 17.5 Å². The SMILES string of the molecule is CC.CCOCC(O)Cn1cccc1[N+](=O)[O-].Cc1ccc(Cn2cccc2[N+](=O)[O-])cc1.Cc1ccc([N+](=O)[O-])n1CO. The monoisotopic (exact) mass is 616 g/mol. The van der Waals surface area contributed by atoms with Crippen LogP contribution in [0.2, 0.25) is 0 Å². The minimum absolute atomic E-state index is 0.0226. The van der Waals surface area contributed by atoms with Crippen molar-refractivity contribution in [2.24, 2.45) is 0 Å². The summed E-state index contributed by atoms with van der Waals surface area (Å²) < 4.78 is 9.26. The first-order valence-corrected chi connectivity index (χ1v) is 13.8. The normalized spacial score (nSPS) is 10.7. The number of benzene rings is 1. The molecule has 1 atom stereocenters. The molecule has 0 aliphatic heterocycles. The van der Waals surface area contributed by atoms with Gasteiger partial charge in [0.25, 0.3) is 0 Å². The van der Waals surface area contributed by atoms with Crippen LogP contribution < -0.4 is 0 Å². The molecule has 4 aromatic rings. The van der Waals surface area contributed by atoms with Crippen molar-refractivity contribution in [2.45, 2.75) is 60.5 Å². The quantitative estimate of drug-likeness (QED) is 0.168. The van der Waals surface area contributed by atoms with Gasteiger partial charge in [0, 0.05) is 24.8 Å². The third-order valence-electron chi connectivity index (χ3n) is 5.88. The van der Waals surface area contributed by atoms with Gasteiger partial charge in [0.2, 0.25) is 0 Å². The van der Waals surface area contributed by atoms with Crippen LogP contribution in [-0.2, 0) is 24.6 Å². The second kappa shape index (κ2) is 19.4. The zero-order chi connectivity index (χ0) is 33.2. The van der Waals surface area contributed by atoms with Crippen LogP contribution in [0.3, 0.4) is 0 Å². The highest BCUT2D eigenvalue weighted by atomic mass is 16.6. The van der Waals surface area contributed by atoms with Gasteiger partial charge in [-0.2, -0.15) is 0 Å². The molecular formula is C29H40N6O9. The van der Waals surface area contributed by atoms with Crippen LogP contribution in [0, 0.1) is 44.2 Å². The molecule has 0 bridgehead atoms. The molecule has 240 valence electrons. The Hall–Kier alpha value is -4.86. The van der Waals surface area contributed by atoms with E-state index >= 15 is 0 Å². The first-order chi connectivity index (χ1) is 21.0. The molecule has 0 aliphatic rings. The number of hydrogen-bond acceptors (Lipinski definition) is 9. The van der Waals surface area contributed by atoms with Gasteiger partial charge >= 0.3 is 17.5 Å². The fourth-order valence-electron chi connectivity index (χ4n) is 3.75. The molecule has 0 radical (unpaired) electrons. The summed E-state index contributed by atoms with van der Waals surface area (Å²) in [5, 5.41) is 49.7. The summed E-state index contributed by atoms with van der Waals surface area (Å²) in [4.78, 5) is 30.2. The van der Waals surface area contributed by atoms with Crippen molar-refractivity contribution in [1.29, 1.82) is 0 Å². The lowest BCUT2D eigenvalue weighted by Crippen LogP contribution is -2.22. The van der Waals surface area contributed by atoms with Crippen molar-refractivity contribution in [1.82, 2.24) is 13.7 Å². The average Bonchev–Trinajstić information content (AvgIpc) is 3.75. The molecule has 44 heavy (non-hydrogen) atoms. The van der Waals surface area contributed by atoms with E-state index in [0.717, 1.165) is 5.56 Å². The van der Waals surface area contributed by atoms with E-state index in [2.05, 4.69) is 0 Å². The molecular weight excluding hydrogens is 576 g/mol. The van der Waals surface area contributed by atoms with Gasteiger partial charge in [-0.15, -0.1) is 0 Å². The number of aryl methyl sites for hydroxylation is 2. The van der Waals surface area contributed by atoms with Gasteiger partial charge < -0.3 is 45.3 Å². The minimum Gasteiger partial charge on any atom is -0.387 e. The summed E-state index contributed by atoms with van der Waals surface area (Å²) in [6, 6.07) is 17.1. The standard InChI is InChI=1S/C12H12N2O2.C9H14N2O4.C6H8N2O3.C2H6/c1-10-4-6-11(7-5-10)9-13-8-2-3-12(13)14(15)16;1-2-15-7-8(12)6-10-5-3-4-9(10)11(13)14;1-5-2-3-6(8(10)11)7(5)4-9;1-2/h2-8H,9H2,1H3;3-5,8,12H,2,6-7H2,1H3;2-3,9H,4H2,1H3;1-2H3. The van der Waals surface area contributed by atoms with E-state index < -0.39 is 16.0 Å². The van der Waals surface area contributed by atoms with Crippen molar-refractivity contribution in [3.05, 3.63) is 120 Å². The smallest absolute Gasteiger partial charge is 0.325 e. The number of rotatable bonds is 11. The van der Waals surface area contributed by atoms with E-state index in [4.69, 9.17) is 9.84 Å². The van der Waals surface area contributed by atoms with E-state index in [9.17, 15) is 35.4 Å². The average molecular weight is 617 g/mol. The maximum Gasteiger partial charge on any atom is 0.325 e. The van der Waals surface area contributed by atoms with Crippen molar-refractivity contribution in [2.75, 3.05) is 13.2 Å². The molecule has 0 spiro atoms. The fourth-order valence-corrected chi connectivity index (χ4v) is 3.75. The highest BCUT2D eigenvalue weighted by Crippen LogP contribution is 2.16. The molecule has 0 aliphatic carbocycles. The predicted molar refractivity (Wildman–Crippen MR) is 164 cm³/mol. The van der Waals surface area contributed by atoms with Crippen LogP contribution in [-0.4, -0.2) is 58.0 Å². The molecule has 0 fully saturated rings. The van der Waals surface area contributed by atoms with Crippen molar-refractivity contribution < 1.29 is 29.7 Å². The Labute approximate surface area is 255 Å². The van der Waals surface area contributed by atoms with Gasteiger partial charge in [0.1, 0.15) is 24.9 Å². The second-order valence-electron chi connectivity index (χ2n) is 8.99. The lowest BCUT2D eigenvalue weighted by atomic mass is 10.1. The molecule has 1 unspecified atom stereocenters. The Morgan fingerprint density at radius 2 is 1.32 bits per heavy atom. The molecule has 1 aromatic carbocycles. The summed E-state index contributed by atoms with van der Waals surface area (Å²) in [6.45, 7) is 10.6. The summed E-state index contributed by atoms with van der Waals surface area (Å²) in [5.41, 5.74) is 2.93. The van der Waals surface area contributed by atoms with Crippen molar-refractivity contribution in [3.63, 3.8) is 0 Å². The number of aliphatic hydroxyl groups excluding tert-OH is 2. The van der Waals surface area contributed by atoms with Crippen LogP contribution >= 0.6 is 0 Å². The summed E-state index contributed by atoms with van der Waals surface area (Å²) >= 11 is 0. The van der Waals surface area contributed by atoms with Crippen LogP contribution in [0.15, 0.2) is 73.1 Å². The van der Waals surface area contributed by atoms with E-state index in [0.29, 0.717) is 18.8 Å². The Bertz CT molecular complexity index is 1440. The van der Waals surface area contributed by atoms with E-state index in [1.807, 2.05) is 52.0 Å². The zero-order valence-electron chi connectivity index (χ0n) is 25.5. The molecule has 2 N–H and O–H groups in total. The van der Waals surface area contributed by atoms with Gasteiger partial charge in [0.15, 0.2) is 6.73 Å². The number of hydrogen-bond donors (Lipinski definition) is 2. The Balaban J connectivity index is 0.000000326. The first kappa shape index (κ1) is 37.2. The first-order valence-electron chi connectivity index (χ1n) is 13.8. The lowest BCUT2D eigenvalue weighted by Gasteiger charge is -2.09. The largest absolute Gasteiger partial charge is 0.387 e.